The fourth-order valence-corrected chi connectivity index (χ4v) is 6.04. The highest BCUT2D eigenvalue weighted by molar-refractivity contribution is 14.1. The van der Waals surface area contributed by atoms with E-state index in [-0.39, 0.29) is 32.5 Å². The molecule has 0 bridgehead atoms. The molecule has 16 heteroatoms. The zero-order valence-electron chi connectivity index (χ0n) is 35.0. The monoisotopic (exact) mass is 953 g/mol. The number of hydrogen-bond acceptors (Lipinski definition) is 12. The highest BCUT2D eigenvalue weighted by Gasteiger charge is 2.29. The van der Waals surface area contributed by atoms with Gasteiger partial charge in [-0.15, -0.1) is 0 Å². The maximum Gasteiger partial charge on any atom is 0.408 e. The maximum absolute atomic E-state index is 13.9. The molecule has 0 radical (unpaired) electrons. The number of benzene rings is 4. The molecule has 3 amide bonds. The standard InChI is InChI=1S/C45H52IN3O12/c1-45(2,3)61-44(54)49-37(42(52)58-23-22-46)25-30-14-19-34(20-15-30)60-39-27-32(16-21-38(39)56-5)26-36(41(51)57-6)47-40(50)35(24-29-12-17-33(55-4)18-13-29)48-43(53)59-28-31-10-8-7-9-11-31/h7-21,27,35-37H,22-26,28H2,1-6H3,(H,47,50)(H,48,53)(H,49,54)/t35-,36-,37-/m0/s1. The maximum atomic E-state index is 13.9. The summed E-state index contributed by atoms with van der Waals surface area (Å²) < 4.78 is 38.7. The van der Waals surface area contributed by atoms with Crippen LogP contribution in [0.4, 0.5) is 9.59 Å². The first kappa shape index (κ1) is 47.6. The number of rotatable bonds is 20. The normalized spacial score (nSPS) is 12.4. The first-order chi connectivity index (χ1) is 29.2. The minimum Gasteiger partial charge on any atom is -0.497 e. The number of amides is 3. The van der Waals surface area contributed by atoms with E-state index < -0.39 is 53.8 Å². The smallest absolute Gasteiger partial charge is 0.408 e. The van der Waals surface area contributed by atoms with Crippen molar-refractivity contribution in [2.75, 3.05) is 32.4 Å². The van der Waals surface area contributed by atoms with E-state index >= 15 is 0 Å². The second-order valence-corrected chi connectivity index (χ2v) is 15.7. The first-order valence-electron chi connectivity index (χ1n) is 19.3. The molecule has 0 fully saturated rings. The number of halogens is 1. The number of carbonyl (C=O) groups is 5. The number of methoxy groups -OCH3 is 3. The molecule has 0 aliphatic rings. The predicted octanol–water partition coefficient (Wildman–Crippen LogP) is 6.65. The van der Waals surface area contributed by atoms with Gasteiger partial charge in [0.15, 0.2) is 11.5 Å². The minimum absolute atomic E-state index is 0.00882. The van der Waals surface area contributed by atoms with Gasteiger partial charge in [0.25, 0.3) is 0 Å². The number of esters is 2. The van der Waals surface area contributed by atoms with Crippen LogP contribution in [-0.2, 0) is 59.2 Å². The predicted molar refractivity (Wildman–Crippen MR) is 234 cm³/mol. The molecule has 0 heterocycles. The quantitative estimate of drug-likeness (QED) is 0.0372. The van der Waals surface area contributed by atoms with Crippen LogP contribution in [0.3, 0.4) is 0 Å². The van der Waals surface area contributed by atoms with E-state index in [0.29, 0.717) is 38.6 Å². The average Bonchev–Trinajstić information content (AvgIpc) is 3.24. The second kappa shape index (κ2) is 23.7. The molecule has 326 valence electrons. The van der Waals surface area contributed by atoms with E-state index in [4.69, 9.17) is 33.2 Å². The van der Waals surface area contributed by atoms with E-state index in [1.807, 2.05) is 30.3 Å². The Morgan fingerprint density at radius 2 is 1.16 bits per heavy atom. The third-order valence-electron chi connectivity index (χ3n) is 8.78. The lowest BCUT2D eigenvalue weighted by molar-refractivity contribution is -0.145. The number of alkyl halides is 1. The van der Waals surface area contributed by atoms with E-state index in [0.717, 1.165) is 11.1 Å². The number of nitrogens with one attached hydrogen (secondary N) is 3. The van der Waals surface area contributed by atoms with Crippen molar-refractivity contribution < 1.29 is 57.1 Å². The van der Waals surface area contributed by atoms with E-state index in [1.165, 1.54) is 14.2 Å². The van der Waals surface area contributed by atoms with E-state index in [9.17, 15) is 24.0 Å². The van der Waals surface area contributed by atoms with Crippen LogP contribution in [0.1, 0.15) is 43.0 Å². The summed E-state index contributed by atoms with van der Waals surface area (Å²) in [5.74, 6) is -0.193. The van der Waals surface area contributed by atoms with Gasteiger partial charge in [-0.2, -0.15) is 0 Å². The van der Waals surface area contributed by atoms with E-state index in [1.54, 1.807) is 94.6 Å². The Labute approximate surface area is 369 Å². The lowest BCUT2D eigenvalue weighted by atomic mass is 10.0. The molecule has 0 spiro atoms. The van der Waals surface area contributed by atoms with Gasteiger partial charge in [0.2, 0.25) is 5.91 Å². The summed E-state index contributed by atoms with van der Waals surface area (Å²) in [6, 6.07) is 24.8. The van der Waals surface area contributed by atoms with Crippen molar-refractivity contribution in [3.8, 4) is 23.0 Å². The van der Waals surface area contributed by atoms with Gasteiger partial charge < -0.3 is 49.1 Å². The zero-order valence-corrected chi connectivity index (χ0v) is 37.1. The Morgan fingerprint density at radius 1 is 0.590 bits per heavy atom. The summed E-state index contributed by atoms with van der Waals surface area (Å²) in [7, 11) is 4.24. The summed E-state index contributed by atoms with van der Waals surface area (Å²) in [6.07, 6.45) is -1.36. The topological polar surface area (TPSA) is 186 Å². The summed E-state index contributed by atoms with van der Waals surface area (Å²) in [5.41, 5.74) is 2.03. The van der Waals surface area contributed by atoms with Crippen LogP contribution in [0, 0.1) is 0 Å². The Balaban J connectivity index is 1.49. The Morgan fingerprint density at radius 3 is 1.75 bits per heavy atom. The molecule has 4 aromatic rings. The minimum atomic E-state index is -1.16. The molecular weight excluding hydrogens is 901 g/mol. The Hall–Kier alpha value is -6.04. The summed E-state index contributed by atoms with van der Waals surface area (Å²) in [5, 5.41) is 8.01. The first-order valence-corrected chi connectivity index (χ1v) is 20.9. The van der Waals surface area contributed by atoms with Crippen LogP contribution in [-0.4, -0.2) is 86.1 Å². The largest absolute Gasteiger partial charge is 0.497 e. The molecule has 61 heavy (non-hydrogen) atoms. The average molecular weight is 954 g/mol. The van der Waals surface area contributed by atoms with Crippen LogP contribution in [0.15, 0.2) is 97.1 Å². The van der Waals surface area contributed by atoms with Gasteiger partial charge >= 0.3 is 24.1 Å². The van der Waals surface area contributed by atoms with Gasteiger partial charge in [-0.05, 0) is 79.4 Å². The van der Waals surface area contributed by atoms with Crippen molar-refractivity contribution in [3.63, 3.8) is 0 Å². The zero-order chi connectivity index (χ0) is 44.4. The fourth-order valence-electron chi connectivity index (χ4n) is 5.82. The molecule has 3 N–H and O–H groups in total. The third-order valence-corrected chi connectivity index (χ3v) is 9.22. The van der Waals surface area contributed by atoms with Crippen LogP contribution < -0.4 is 30.2 Å². The lowest BCUT2D eigenvalue weighted by Gasteiger charge is -2.23. The third kappa shape index (κ3) is 16.2. The summed E-state index contributed by atoms with van der Waals surface area (Å²) in [4.78, 5) is 65.3. The van der Waals surface area contributed by atoms with Gasteiger partial charge in [-0.3, -0.25) is 4.79 Å². The van der Waals surface area contributed by atoms with Crippen molar-refractivity contribution in [2.24, 2.45) is 0 Å². The summed E-state index contributed by atoms with van der Waals surface area (Å²) >= 11 is 2.09. The van der Waals surface area contributed by atoms with Crippen molar-refractivity contribution in [1.29, 1.82) is 0 Å². The van der Waals surface area contributed by atoms with Crippen molar-refractivity contribution >= 4 is 52.6 Å². The highest BCUT2D eigenvalue weighted by atomic mass is 127. The van der Waals surface area contributed by atoms with Crippen LogP contribution >= 0.6 is 22.6 Å². The SMILES string of the molecule is COC(=O)[C@H](Cc1ccc(OC)c(Oc2ccc(C[C@H](NC(=O)OC(C)(C)C)C(=O)OCCI)cc2)c1)NC(=O)[C@H](Cc1ccc(OC)cc1)NC(=O)OCc1ccccc1. The molecule has 15 nitrogen and oxygen atoms in total. The molecular formula is C45H52IN3O12. The molecule has 3 atom stereocenters. The number of alkyl carbamates (subject to hydrolysis) is 2. The Kier molecular flexibility index (Phi) is 18.5. The van der Waals surface area contributed by atoms with Gasteiger partial charge in [0.05, 0.1) is 21.3 Å². The van der Waals surface area contributed by atoms with E-state index in [2.05, 4.69) is 38.5 Å². The molecule has 0 aromatic heterocycles. The van der Waals surface area contributed by atoms with Crippen molar-refractivity contribution in [3.05, 3.63) is 119 Å². The van der Waals surface area contributed by atoms with Gasteiger partial charge in [0.1, 0.15) is 48.4 Å². The molecule has 0 saturated heterocycles. The van der Waals surface area contributed by atoms with Crippen LogP contribution in [0.25, 0.3) is 0 Å². The van der Waals surface area contributed by atoms with Gasteiger partial charge in [-0.25, -0.2) is 19.2 Å². The Bertz CT molecular complexity index is 2060. The fraction of sp³-hybridized carbons (Fsp3) is 0.356. The number of ether oxygens (including phenoxy) is 7. The van der Waals surface area contributed by atoms with Gasteiger partial charge in [-0.1, -0.05) is 83.3 Å². The molecule has 0 aliphatic heterocycles. The van der Waals surface area contributed by atoms with Gasteiger partial charge in [0, 0.05) is 23.7 Å². The van der Waals surface area contributed by atoms with Crippen LogP contribution in [0.2, 0.25) is 0 Å². The number of hydrogen-bond donors (Lipinski definition) is 3. The van der Waals surface area contributed by atoms with Crippen LogP contribution in [0.5, 0.6) is 23.0 Å². The molecule has 0 saturated carbocycles. The molecule has 4 rings (SSSR count). The molecule has 0 aliphatic carbocycles. The second-order valence-electron chi connectivity index (χ2n) is 14.6. The van der Waals surface area contributed by atoms with Crippen molar-refractivity contribution in [1.82, 2.24) is 16.0 Å². The molecule has 4 aromatic carbocycles. The number of carbonyl (C=O) groups excluding carboxylic acids is 5. The summed E-state index contributed by atoms with van der Waals surface area (Å²) in [6.45, 7) is 5.36. The molecule has 0 unspecified atom stereocenters. The van der Waals surface area contributed by atoms with Crippen molar-refractivity contribution in [2.45, 2.75) is 70.4 Å². The lowest BCUT2D eigenvalue weighted by Crippen LogP contribution is -2.53. The highest BCUT2D eigenvalue weighted by Crippen LogP contribution is 2.33.